The van der Waals surface area contributed by atoms with Crippen LogP contribution in [-0.2, 0) is 4.79 Å². The van der Waals surface area contributed by atoms with Gasteiger partial charge in [-0.05, 0) is 57.2 Å². The van der Waals surface area contributed by atoms with Crippen molar-refractivity contribution in [3.8, 4) is 5.75 Å². The van der Waals surface area contributed by atoms with E-state index < -0.39 is 11.0 Å². The third kappa shape index (κ3) is 6.76. The van der Waals surface area contributed by atoms with Gasteiger partial charge < -0.3 is 9.84 Å². The van der Waals surface area contributed by atoms with E-state index in [4.69, 9.17) is 4.74 Å². The van der Waals surface area contributed by atoms with Crippen molar-refractivity contribution in [3.05, 3.63) is 33.4 Å². The number of hydrazine groups is 1. The molecular formula is C20H31N3O5. The lowest BCUT2D eigenvalue weighted by Crippen LogP contribution is -2.39. The number of nitro groups is 1. The van der Waals surface area contributed by atoms with Gasteiger partial charge in [0.05, 0.1) is 23.2 Å². The third-order valence-electron chi connectivity index (χ3n) is 4.83. The lowest BCUT2D eigenvalue weighted by molar-refractivity contribution is -0.387. The largest absolute Gasteiger partial charge is 0.487 e. The van der Waals surface area contributed by atoms with Crippen LogP contribution in [0.15, 0.2) is 12.1 Å². The van der Waals surface area contributed by atoms with Crippen LogP contribution in [0.4, 0.5) is 5.69 Å². The van der Waals surface area contributed by atoms with Crippen molar-refractivity contribution in [2.45, 2.75) is 64.9 Å². The van der Waals surface area contributed by atoms with Crippen molar-refractivity contribution in [1.29, 1.82) is 0 Å². The molecule has 1 atom stereocenters. The predicted octanol–water partition coefficient (Wildman–Crippen LogP) is 3.41. The Morgan fingerprint density at radius 2 is 1.96 bits per heavy atom. The molecule has 0 saturated carbocycles. The summed E-state index contributed by atoms with van der Waals surface area (Å²) in [6.07, 6.45) is 5.22. The second kappa shape index (κ2) is 11.0. The molecule has 8 nitrogen and oxygen atoms in total. The molecule has 28 heavy (non-hydrogen) atoms. The summed E-state index contributed by atoms with van der Waals surface area (Å²) in [6.45, 7) is 5.56. The molecule has 1 aromatic carbocycles. The Balaban J connectivity index is 1.70. The first kappa shape index (κ1) is 22.1. The number of aliphatic hydroxyl groups is 1. The van der Waals surface area contributed by atoms with Crippen molar-refractivity contribution in [1.82, 2.24) is 10.4 Å². The Bertz CT molecular complexity index is 672. The summed E-state index contributed by atoms with van der Waals surface area (Å²) in [4.78, 5) is 22.7. The standard InChI is InChI=1S/C20H31N3O5/c1-15-13-17(16(2)24)20(23(26)27)18(14-15)28-12-8-4-3-5-9-19(25)21-22-10-6-7-11-22/h13-14,16,24H,3-12H2,1-2H3,(H,21,25). The molecule has 156 valence electrons. The van der Waals surface area contributed by atoms with E-state index in [0.29, 0.717) is 13.0 Å². The molecule has 1 amide bonds. The number of aliphatic hydroxyl groups excluding tert-OH is 1. The molecular weight excluding hydrogens is 362 g/mol. The summed E-state index contributed by atoms with van der Waals surface area (Å²) in [5.41, 5.74) is 3.83. The Hall–Kier alpha value is -2.19. The summed E-state index contributed by atoms with van der Waals surface area (Å²) in [6, 6.07) is 3.25. The minimum Gasteiger partial charge on any atom is -0.487 e. The maximum atomic E-state index is 11.8. The van der Waals surface area contributed by atoms with Crippen LogP contribution in [0.25, 0.3) is 0 Å². The first-order valence-electron chi connectivity index (χ1n) is 10.0. The molecule has 0 spiro atoms. The molecule has 1 aliphatic heterocycles. The van der Waals surface area contributed by atoms with E-state index in [1.807, 2.05) is 11.9 Å². The highest BCUT2D eigenvalue weighted by molar-refractivity contribution is 5.75. The van der Waals surface area contributed by atoms with Crippen LogP contribution in [0.3, 0.4) is 0 Å². The monoisotopic (exact) mass is 393 g/mol. The molecule has 1 heterocycles. The van der Waals surface area contributed by atoms with E-state index in [2.05, 4.69) is 5.43 Å². The molecule has 0 aliphatic carbocycles. The average molecular weight is 393 g/mol. The minimum atomic E-state index is -0.936. The quantitative estimate of drug-likeness (QED) is 0.339. The number of nitrogens with one attached hydrogen (secondary N) is 1. The van der Waals surface area contributed by atoms with E-state index in [1.54, 1.807) is 12.1 Å². The number of benzene rings is 1. The van der Waals surface area contributed by atoms with E-state index in [0.717, 1.165) is 57.2 Å². The number of rotatable bonds is 11. The normalized spacial score (nSPS) is 15.4. The van der Waals surface area contributed by atoms with Gasteiger partial charge in [-0.2, -0.15) is 0 Å². The van der Waals surface area contributed by atoms with Crippen LogP contribution in [0, 0.1) is 17.0 Å². The molecule has 1 saturated heterocycles. The van der Waals surface area contributed by atoms with Gasteiger partial charge in [0.15, 0.2) is 5.75 Å². The SMILES string of the molecule is Cc1cc(OCCCCCCC(=O)NN2CCCC2)c([N+](=O)[O-])c(C(C)O)c1. The highest BCUT2D eigenvalue weighted by atomic mass is 16.6. The summed E-state index contributed by atoms with van der Waals surface area (Å²) >= 11 is 0. The van der Waals surface area contributed by atoms with Crippen molar-refractivity contribution >= 4 is 11.6 Å². The van der Waals surface area contributed by atoms with Gasteiger partial charge in [0, 0.05) is 19.5 Å². The van der Waals surface area contributed by atoms with Crippen LogP contribution < -0.4 is 10.2 Å². The number of aryl methyl sites for hydroxylation is 1. The van der Waals surface area contributed by atoms with E-state index in [1.165, 1.54) is 6.92 Å². The second-order valence-electron chi connectivity index (χ2n) is 7.38. The molecule has 2 N–H and O–H groups in total. The maximum absolute atomic E-state index is 11.8. The molecule has 1 unspecified atom stereocenters. The second-order valence-corrected chi connectivity index (χ2v) is 7.38. The number of unbranched alkanes of at least 4 members (excludes halogenated alkanes) is 3. The summed E-state index contributed by atoms with van der Waals surface area (Å²) < 4.78 is 5.65. The summed E-state index contributed by atoms with van der Waals surface area (Å²) in [7, 11) is 0. The van der Waals surface area contributed by atoms with E-state index in [-0.39, 0.29) is 22.9 Å². The lowest BCUT2D eigenvalue weighted by atomic mass is 10.0. The fourth-order valence-corrected chi connectivity index (χ4v) is 3.38. The third-order valence-corrected chi connectivity index (χ3v) is 4.83. The van der Waals surface area contributed by atoms with Gasteiger partial charge >= 0.3 is 5.69 Å². The zero-order valence-corrected chi connectivity index (χ0v) is 16.8. The van der Waals surface area contributed by atoms with Crippen LogP contribution in [0.5, 0.6) is 5.75 Å². The predicted molar refractivity (Wildman–Crippen MR) is 106 cm³/mol. The smallest absolute Gasteiger partial charge is 0.316 e. The highest BCUT2D eigenvalue weighted by Gasteiger charge is 2.24. The molecule has 0 aromatic heterocycles. The molecule has 1 aromatic rings. The Morgan fingerprint density at radius 1 is 1.29 bits per heavy atom. The number of carbonyl (C=O) groups is 1. The number of hydrogen-bond donors (Lipinski definition) is 2. The molecule has 0 radical (unpaired) electrons. The van der Waals surface area contributed by atoms with Crippen LogP contribution in [0.1, 0.15) is 69.1 Å². The van der Waals surface area contributed by atoms with E-state index >= 15 is 0 Å². The Morgan fingerprint density at radius 3 is 2.61 bits per heavy atom. The molecule has 1 fully saturated rings. The molecule has 1 aliphatic rings. The number of hydrogen-bond acceptors (Lipinski definition) is 6. The van der Waals surface area contributed by atoms with Gasteiger partial charge in [0.1, 0.15) is 0 Å². The Kier molecular flexibility index (Phi) is 8.66. The van der Waals surface area contributed by atoms with Crippen LogP contribution in [-0.4, -0.2) is 40.6 Å². The van der Waals surface area contributed by atoms with Crippen LogP contribution >= 0.6 is 0 Å². The summed E-state index contributed by atoms with van der Waals surface area (Å²) in [5, 5.41) is 23.2. The van der Waals surface area contributed by atoms with Gasteiger partial charge in [-0.15, -0.1) is 0 Å². The number of nitrogens with zero attached hydrogens (tertiary/aromatic N) is 2. The van der Waals surface area contributed by atoms with Crippen molar-refractivity contribution in [2.24, 2.45) is 0 Å². The van der Waals surface area contributed by atoms with Gasteiger partial charge in [0.25, 0.3) is 0 Å². The van der Waals surface area contributed by atoms with Crippen molar-refractivity contribution in [2.75, 3.05) is 19.7 Å². The molecule has 0 bridgehead atoms. The highest BCUT2D eigenvalue weighted by Crippen LogP contribution is 2.36. The zero-order chi connectivity index (χ0) is 20.5. The fourth-order valence-electron chi connectivity index (χ4n) is 3.38. The number of amides is 1. The minimum absolute atomic E-state index is 0.0687. The number of nitro benzene ring substituents is 1. The van der Waals surface area contributed by atoms with E-state index in [9.17, 15) is 20.0 Å². The topological polar surface area (TPSA) is 105 Å². The van der Waals surface area contributed by atoms with Gasteiger partial charge in [-0.3, -0.25) is 20.3 Å². The van der Waals surface area contributed by atoms with Crippen molar-refractivity contribution in [3.63, 3.8) is 0 Å². The Labute approximate surface area is 166 Å². The lowest BCUT2D eigenvalue weighted by Gasteiger charge is -2.16. The van der Waals surface area contributed by atoms with Crippen molar-refractivity contribution < 1.29 is 19.6 Å². The molecule has 2 rings (SSSR count). The maximum Gasteiger partial charge on any atom is 0.316 e. The zero-order valence-electron chi connectivity index (χ0n) is 16.8. The first-order chi connectivity index (χ1) is 13.4. The first-order valence-corrected chi connectivity index (χ1v) is 10.0. The van der Waals surface area contributed by atoms with Gasteiger partial charge in [-0.1, -0.05) is 12.8 Å². The molecule has 8 heteroatoms. The summed E-state index contributed by atoms with van der Waals surface area (Å²) in [5.74, 6) is 0.269. The average Bonchev–Trinajstić information content (AvgIpc) is 3.12. The number of carbonyl (C=O) groups excluding carboxylic acids is 1. The number of ether oxygens (including phenoxy) is 1. The van der Waals surface area contributed by atoms with Crippen LogP contribution in [0.2, 0.25) is 0 Å². The van der Waals surface area contributed by atoms with Gasteiger partial charge in [-0.25, -0.2) is 5.01 Å². The van der Waals surface area contributed by atoms with Gasteiger partial charge in [0.2, 0.25) is 5.91 Å². The fraction of sp³-hybridized carbons (Fsp3) is 0.650.